The summed E-state index contributed by atoms with van der Waals surface area (Å²) in [6, 6.07) is 0. The molecule has 10 heteroatoms. The van der Waals surface area contributed by atoms with Crippen molar-refractivity contribution in [3.05, 3.63) is 5.82 Å². The quantitative estimate of drug-likeness (QED) is 0.236. The molecular formula is C19H35IN6O2S. The molecule has 0 radical (unpaired) electrons. The highest BCUT2D eigenvalue weighted by Gasteiger charge is 2.22. The molecule has 3 rings (SSSR count). The third-order valence-corrected chi connectivity index (χ3v) is 6.09. The van der Waals surface area contributed by atoms with Gasteiger partial charge in [-0.1, -0.05) is 6.92 Å². The normalized spacial score (nSPS) is 18.6. The first kappa shape index (κ1) is 24.5. The number of rotatable bonds is 8. The molecule has 0 unspecified atom stereocenters. The predicted molar refractivity (Wildman–Crippen MR) is 129 cm³/mol. The second kappa shape index (κ2) is 13.6. The zero-order chi connectivity index (χ0) is 19.6. The Labute approximate surface area is 195 Å². The lowest BCUT2D eigenvalue weighted by atomic mass is 10.0. The van der Waals surface area contributed by atoms with Crippen molar-refractivity contribution in [2.75, 3.05) is 71.1 Å². The second-order valence-corrected chi connectivity index (χ2v) is 8.01. The predicted octanol–water partition coefficient (Wildman–Crippen LogP) is 2.25. The van der Waals surface area contributed by atoms with Crippen LogP contribution >= 0.6 is 35.5 Å². The van der Waals surface area contributed by atoms with Gasteiger partial charge in [-0.2, -0.15) is 4.37 Å². The number of nitrogens with zero attached hydrogens (tertiary/aromatic N) is 5. The van der Waals surface area contributed by atoms with Crippen molar-refractivity contribution in [2.24, 2.45) is 10.9 Å². The third-order valence-electron chi connectivity index (χ3n) is 5.28. The van der Waals surface area contributed by atoms with Crippen molar-refractivity contribution in [2.45, 2.75) is 32.6 Å². The summed E-state index contributed by atoms with van der Waals surface area (Å²) < 4.78 is 15.6. The minimum Gasteiger partial charge on any atom is -0.381 e. The largest absolute Gasteiger partial charge is 0.381 e. The van der Waals surface area contributed by atoms with Crippen LogP contribution in [0.25, 0.3) is 0 Å². The summed E-state index contributed by atoms with van der Waals surface area (Å²) in [7, 11) is 1.86. The van der Waals surface area contributed by atoms with E-state index in [0.29, 0.717) is 5.92 Å². The minimum atomic E-state index is 0. The van der Waals surface area contributed by atoms with Crippen molar-refractivity contribution in [3.63, 3.8) is 0 Å². The number of nitrogens with one attached hydrogen (secondary N) is 1. The van der Waals surface area contributed by atoms with E-state index in [9.17, 15) is 0 Å². The number of aryl methyl sites for hydroxylation is 1. The Hall–Kier alpha value is -0.720. The van der Waals surface area contributed by atoms with Crippen molar-refractivity contribution < 1.29 is 9.47 Å². The maximum atomic E-state index is 5.84. The number of hydrogen-bond acceptors (Lipinski definition) is 7. The summed E-state index contributed by atoms with van der Waals surface area (Å²) >= 11 is 1.51. The average Bonchev–Trinajstić information content (AvgIpc) is 3.24. The third kappa shape index (κ3) is 7.80. The van der Waals surface area contributed by atoms with E-state index in [0.717, 1.165) is 102 Å². The Balaban J connectivity index is 0.00000300. The van der Waals surface area contributed by atoms with E-state index in [2.05, 4.69) is 36.4 Å². The summed E-state index contributed by atoms with van der Waals surface area (Å²) in [5.41, 5.74) is 0. The van der Waals surface area contributed by atoms with Crippen LogP contribution in [0.15, 0.2) is 4.99 Å². The average molecular weight is 539 g/mol. The molecule has 2 aliphatic rings. The number of aromatic nitrogens is 2. The molecule has 8 nitrogen and oxygen atoms in total. The molecule has 0 aromatic carbocycles. The number of ether oxygens (including phenoxy) is 2. The van der Waals surface area contributed by atoms with Crippen LogP contribution in [0.3, 0.4) is 0 Å². The van der Waals surface area contributed by atoms with E-state index < -0.39 is 0 Å². The van der Waals surface area contributed by atoms with Gasteiger partial charge in [0, 0.05) is 84.2 Å². The Kier molecular flexibility index (Phi) is 11.5. The molecule has 166 valence electrons. The molecule has 3 heterocycles. The number of halogens is 1. The van der Waals surface area contributed by atoms with Gasteiger partial charge in [0.25, 0.3) is 0 Å². The lowest BCUT2D eigenvalue weighted by Crippen LogP contribution is -2.52. The maximum absolute atomic E-state index is 5.84. The summed E-state index contributed by atoms with van der Waals surface area (Å²) in [6.45, 7) is 10.2. The van der Waals surface area contributed by atoms with Crippen LogP contribution in [-0.2, 0) is 15.9 Å². The van der Waals surface area contributed by atoms with Gasteiger partial charge in [-0.25, -0.2) is 4.98 Å². The number of guanidine groups is 1. The number of anilines is 1. The van der Waals surface area contributed by atoms with Crippen LogP contribution in [0, 0.1) is 5.92 Å². The molecule has 2 fully saturated rings. The molecule has 29 heavy (non-hydrogen) atoms. The van der Waals surface area contributed by atoms with E-state index in [4.69, 9.17) is 9.47 Å². The highest BCUT2D eigenvalue weighted by atomic mass is 127. The molecule has 0 aliphatic carbocycles. The molecular weight excluding hydrogens is 503 g/mol. The van der Waals surface area contributed by atoms with E-state index in [1.165, 1.54) is 11.5 Å². The lowest BCUT2D eigenvalue weighted by molar-refractivity contribution is 0.0203. The van der Waals surface area contributed by atoms with Gasteiger partial charge in [0.05, 0.1) is 0 Å². The zero-order valence-corrected chi connectivity index (χ0v) is 20.8. The summed E-state index contributed by atoms with van der Waals surface area (Å²) in [6.07, 6.45) is 4.15. The van der Waals surface area contributed by atoms with Crippen molar-refractivity contribution in [3.8, 4) is 0 Å². The Bertz CT molecular complexity index is 603. The fourth-order valence-corrected chi connectivity index (χ4v) is 4.30. The SMILES string of the molecule is CCc1nsc(N2CCN(C(=NC)NCCCOCC3CCOCC3)CC2)n1.I. The van der Waals surface area contributed by atoms with Crippen LogP contribution in [0.4, 0.5) is 5.13 Å². The van der Waals surface area contributed by atoms with Gasteiger partial charge >= 0.3 is 0 Å². The molecule has 0 amide bonds. The Morgan fingerprint density at radius 3 is 2.69 bits per heavy atom. The van der Waals surface area contributed by atoms with Gasteiger partial charge in [0.1, 0.15) is 5.82 Å². The fourth-order valence-electron chi connectivity index (χ4n) is 3.50. The molecule has 0 atom stereocenters. The standard InChI is InChI=1S/C19H34N6O2S.HI/c1-3-17-22-19(28-23-17)25-10-8-24(9-11-25)18(20-2)21-7-4-12-27-15-16-5-13-26-14-6-16;/h16H,3-15H2,1-2H3,(H,20,21);1H. The zero-order valence-electron chi connectivity index (χ0n) is 17.6. The van der Waals surface area contributed by atoms with Gasteiger partial charge in [-0.15, -0.1) is 24.0 Å². The van der Waals surface area contributed by atoms with E-state index in [1.807, 2.05) is 7.05 Å². The maximum Gasteiger partial charge on any atom is 0.205 e. The first-order valence-electron chi connectivity index (χ1n) is 10.5. The highest BCUT2D eigenvalue weighted by molar-refractivity contribution is 14.0. The lowest BCUT2D eigenvalue weighted by Gasteiger charge is -2.36. The molecule has 1 aromatic heterocycles. The summed E-state index contributed by atoms with van der Waals surface area (Å²) in [4.78, 5) is 13.7. The summed E-state index contributed by atoms with van der Waals surface area (Å²) in [5.74, 6) is 2.60. The molecule has 1 N–H and O–H groups in total. The summed E-state index contributed by atoms with van der Waals surface area (Å²) in [5, 5.41) is 4.52. The molecule has 0 bridgehead atoms. The van der Waals surface area contributed by atoms with Crippen molar-refractivity contribution in [1.82, 2.24) is 19.6 Å². The van der Waals surface area contributed by atoms with Gasteiger partial charge < -0.3 is 24.6 Å². The molecule has 2 aliphatic heterocycles. The van der Waals surface area contributed by atoms with E-state index >= 15 is 0 Å². The van der Waals surface area contributed by atoms with Gasteiger partial charge in [-0.3, -0.25) is 4.99 Å². The first-order chi connectivity index (χ1) is 13.8. The van der Waals surface area contributed by atoms with Gasteiger partial charge in [-0.05, 0) is 25.2 Å². The van der Waals surface area contributed by atoms with Gasteiger partial charge in [0.2, 0.25) is 5.13 Å². The smallest absolute Gasteiger partial charge is 0.205 e. The molecule has 0 spiro atoms. The highest BCUT2D eigenvalue weighted by Crippen LogP contribution is 2.19. The topological polar surface area (TPSA) is 75.1 Å². The Morgan fingerprint density at radius 2 is 2.03 bits per heavy atom. The van der Waals surface area contributed by atoms with Crippen LogP contribution in [-0.4, -0.2) is 86.4 Å². The molecule has 2 saturated heterocycles. The minimum absolute atomic E-state index is 0. The van der Waals surface area contributed by atoms with Crippen LogP contribution in [0.5, 0.6) is 0 Å². The number of aliphatic imine (C=N–C) groups is 1. The molecule has 0 saturated carbocycles. The van der Waals surface area contributed by atoms with Crippen molar-refractivity contribution in [1.29, 1.82) is 0 Å². The fraction of sp³-hybridized carbons (Fsp3) is 0.842. The molecule has 1 aromatic rings. The van der Waals surface area contributed by atoms with Crippen LogP contribution in [0.2, 0.25) is 0 Å². The Morgan fingerprint density at radius 1 is 1.28 bits per heavy atom. The van der Waals surface area contributed by atoms with Crippen molar-refractivity contribution >= 4 is 46.6 Å². The van der Waals surface area contributed by atoms with E-state index in [1.54, 1.807) is 0 Å². The van der Waals surface area contributed by atoms with Crippen LogP contribution < -0.4 is 10.2 Å². The number of piperazine rings is 1. The number of hydrogen-bond donors (Lipinski definition) is 1. The monoisotopic (exact) mass is 538 g/mol. The first-order valence-corrected chi connectivity index (χ1v) is 11.3. The van der Waals surface area contributed by atoms with Gasteiger partial charge in [0.15, 0.2) is 5.96 Å². The second-order valence-electron chi connectivity index (χ2n) is 7.28. The van der Waals surface area contributed by atoms with Crippen LogP contribution in [0.1, 0.15) is 32.0 Å². The van der Waals surface area contributed by atoms with E-state index in [-0.39, 0.29) is 24.0 Å².